The van der Waals surface area contributed by atoms with Crippen LogP contribution in [0, 0.1) is 0 Å². The molecule has 0 amide bonds. The SMILES string of the molecule is CCOc1ccccc1CN1CCN(c2ncccc2Cl)C[C@@H]1CCO. The summed E-state index contributed by atoms with van der Waals surface area (Å²) in [7, 11) is 0. The molecule has 0 radical (unpaired) electrons. The Labute approximate surface area is 160 Å². The molecule has 0 bridgehead atoms. The molecular weight excluding hydrogens is 350 g/mol. The van der Waals surface area contributed by atoms with Gasteiger partial charge in [0.05, 0.1) is 11.6 Å². The van der Waals surface area contributed by atoms with Gasteiger partial charge < -0.3 is 14.7 Å². The molecule has 5 nitrogen and oxygen atoms in total. The lowest BCUT2D eigenvalue weighted by Gasteiger charge is -2.42. The highest BCUT2D eigenvalue weighted by molar-refractivity contribution is 6.32. The van der Waals surface area contributed by atoms with E-state index in [1.807, 2.05) is 37.3 Å². The lowest BCUT2D eigenvalue weighted by molar-refractivity contribution is 0.134. The fraction of sp³-hybridized carbons (Fsp3) is 0.450. The number of aromatic nitrogens is 1. The molecule has 0 aliphatic carbocycles. The maximum absolute atomic E-state index is 9.54. The minimum atomic E-state index is 0.165. The zero-order chi connectivity index (χ0) is 18.4. The summed E-state index contributed by atoms with van der Waals surface area (Å²) in [5.41, 5.74) is 1.18. The summed E-state index contributed by atoms with van der Waals surface area (Å²) in [6, 6.07) is 12.1. The van der Waals surface area contributed by atoms with Crippen LogP contribution < -0.4 is 9.64 Å². The minimum absolute atomic E-state index is 0.165. The average Bonchev–Trinajstić information content (AvgIpc) is 2.65. The molecule has 1 aliphatic heterocycles. The van der Waals surface area contributed by atoms with Crippen LogP contribution in [0.5, 0.6) is 5.75 Å². The first-order valence-electron chi connectivity index (χ1n) is 9.14. The Morgan fingerprint density at radius 3 is 2.85 bits per heavy atom. The van der Waals surface area contributed by atoms with Gasteiger partial charge in [0.1, 0.15) is 11.6 Å². The number of halogens is 1. The highest BCUT2D eigenvalue weighted by Crippen LogP contribution is 2.28. The summed E-state index contributed by atoms with van der Waals surface area (Å²) in [5.74, 6) is 1.76. The molecule has 26 heavy (non-hydrogen) atoms. The third-order valence-electron chi connectivity index (χ3n) is 4.75. The van der Waals surface area contributed by atoms with E-state index in [9.17, 15) is 5.11 Å². The third-order valence-corrected chi connectivity index (χ3v) is 5.05. The number of aliphatic hydroxyl groups is 1. The van der Waals surface area contributed by atoms with E-state index in [0.717, 1.165) is 44.2 Å². The Balaban J connectivity index is 1.74. The molecule has 1 fully saturated rings. The van der Waals surface area contributed by atoms with Crippen molar-refractivity contribution in [3.05, 3.63) is 53.2 Å². The second-order valence-electron chi connectivity index (χ2n) is 6.43. The van der Waals surface area contributed by atoms with Crippen molar-refractivity contribution >= 4 is 17.4 Å². The molecular formula is C20H26ClN3O2. The number of para-hydroxylation sites is 1. The lowest BCUT2D eigenvalue weighted by atomic mass is 10.1. The van der Waals surface area contributed by atoms with Gasteiger partial charge in [-0.15, -0.1) is 0 Å². The molecule has 1 N–H and O–H groups in total. The summed E-state index contributed by atoms with van der Waals surface area (Å²) in [6.45, 7) is 6.17. The zero-order valence-corrected chi connectivity index (χ0v) is 15.9. The van der Waals surface area contributed by atoms with E-state index in [0.29, 0.717) is 11.6 Å². The van der Waals surface area contributed by atoms with Crippen molar-refractivity contribution in [2.75, 3.05) is 37.7 Å². The molecule has 1 saturated heterocycles. The Hall–Kier alpha value is -1.82. The number of piperazine rings is 1. The first-order valence-corrected chi connectivity index (χ1v) is 9.51. The summed E-state index contributed by atoms with van der Waals surface area (Å²) < 4.78 is 5.77. The van der Waals surface area contributed by atoms with Crippen molar-refractivity contribution in [3.8, 4) is 5.75 Å². The van der Waals surface area contributed by atoms with E-state index in [4.69, 9.17) is 16.3 Å². The van der Waals surface area contributed by atoms with Gasteiger partial charge in [-0.3, -0.25) is 4.90 Å². The second kappa shape index (κ2) is 9.21. The van der Waals surface area contributed by atoms with Gasteiger partial charge in [-0.25, -0.2) is 4.98 Å². The largest absolute Gasteiger partial charge is 0.494 e. The van der Waals surface area contributed by atoms with Crippen LogP contribution >= 0.6 is 11.6 Å². The van der Waals surface area contributed by atoms with Gasteiger partial charge >= 0.3 is 0 Å². The van der Waals surface area contributed by atoms with Crippen LogP contribution in [0.4, 0.5) is 5.82 Å². The average molecular weight is 376 g/mol. The number of ether oxygens (including phenoxy) is 1. The van der Waals surface area contributed by atoms with Crippen LogP contribution in [0.3, 0.4) is 0 Å². The van der Waals surface area contributed by atoms with Crippen LogP contribution in [-0.2, 0) is 6.54 Å². The molecule has 1 aromatic carbocycles. The van der Waals surface area contributed by atoms with Crippen molar-refractivity contribution in [2.45, 2.75) is 25.9 Å². The monoisotopic (exact) mass is 375 g/mol. The van der Waals surface area contributed by atoms with Crippen molar-refractivity contribution in [1.29, 1.82) is 0 Å². The summed E-state index contributed by atoms with van der Waals surface area (Å²) >= 11 is 6.32. The zero-order valence-electron chi connectivity index (χ0n) is 15.1. The molecule has 1 atom stereocenters. The fourth-order valence-electron chi connectivity index (χ4n) is 3.48. The predicted molar refractivity (Wildman–Crippen MR) is 105 cm³/mol. The highest BCUT2D eigenvalue weighted by atomic mass is 35.5. The Morgan fingerprint density at radius 1 is 1.23 bits per heavy atom. The van der Waals surface area contributed by atoms with E-state index in [1.54, 1.807) is 6.20 Å². The molecule has 3 rings (SSSR count). The van der Waals surface area contributed by atoms with Gasteiger partial charge in [0.25, 0.3) is 0 Å². The number of benzene rings is 1. The highest BCUT2D eigenvalue weighted by Gasteiger charge is 2.28. The second-order valence-corrected chi connectivity index (χ2v) is 6.84. The van der Waals surface area contributed by atoms with Crippen LogP contribution in [0.15, 0.2) is 42.6 Å². The third kappa shape index (κ3) is 4.47. The molecule has 0 unspecified atom stereocenters. The fourth-order valence-corrected chi connectivity index (χ4v) is 3.72. The Morgan fingerprint density at radius 2 is 2.08 bits per heavy atom. The number of rotatable bonds is 7. The molecule has 2 aromatic rings. The van der Waals surface area contributed by atoms with Gasteiger partial charge in [0.15, 0.2) is 0 Å². The number of anilines is 1. The summed E-state index contributed by atoms with van der Waals surface area (Å²) in [5, 5.41) is 10.2. The van der Waals surface area contributed by atoms with Gasteiger partial charge in [-0.05, 0) is 31.5 Å². The van der Waals surface area contributed by atoms with E-state index < -0.39 is 0 Å². The smallest absolute Gasteiger partial charge is 0.147 e. The molecule has 0 spiro atoms. The van der Waals surface area contributed by atoms with Gasteiger partial charge in [-0.2, -0.15) is 0 Å². The predicted octanol–water partition coefficient (Wildman–Crippen LogP) is 3.21. The van der Waals surface area contributed by atoms with Gasteiger partial charge in [0.2, 0.25) is 0 Å². The Kier molecular flexibility index (Phi) is 6.72. The maximum Gasteiger partial charge on any atom is 0.147 e. The van der Waals surface area contributed by atoms with Crippen molar-refractivity contribution in [3.63, 3.8) is 0 Å². The molecule has 1 aliphatic rings. The van der Waals surface area contributed by atoms with Crippen LogP contribution in [-0.4, -0.2) is 53.9 Å². The molecule has 140 valence electrons. The number of aliphatic hydroxyl groups excluding tert-OH is 1. The van der Waals surface area contributed by atoms with Crippen LogP contribution in [0.2, 0.25) is 5.02 Å². The quantitative estimate of drug-likeness (QED) is 0.805. The Bertz CT molecular complexity index is 713. The first kappa shape index (κ1) is 19.0. The summed E-state index contributed by atoms with van der Waals surface area (Å²) in [6.07, 6.45) is 2.49. The van der Waals surface area contributed by atoms with Crippen molar-refractivity contribution in [2.24, 2.45) is 0 Å². The molecule has 2 heterocycles. The minimum Gasteiger partial charge on any atom is -0.494 e. The lowest BCUT2D eigenvalue weighted by Crippen LogP contribution is -2.53. The molecule has 0 saturated carbocycles. The molecule has 6 heteroatoms. The van der Waals surface area contributed by atoms with E-state index in [1.165, 1.54) is 5.56 Å². The number of hydrogen-bond donors (Lipinski definition) is 1. The van der Waals surface area contributed by atoms with Crippen LogP contribution in [0.1, 0.15) is 18.9 Å². The molecule has 1 aromatic heterocycles. The first-order chi connectivity index (χ1) is 12.7. The summed E-state index contributed by atoms with van der Waals surface area (Å²) in [4.78, 5) is 9.07. The van der Waals surface area contributed by atoms with Gasteiger partial charge in [0, 0.05) is 50.6 Å². The number of pyridine rings is 1. The number of hydrogen-bond acceptors (Lipinski definition) is 5. The van der Waals surface area contributed by atoms with E-state index in [2.05, 4.69) is 20.9 Å². The van der Waals surface area contributed by atoms with Crippen LogP contribution in [0.25, 0.3) is 0 Å². The number of nitrogens with zero attached hydrogens (tertiary/aromatic N) is 3. The van der Waals surface area contributed by atoms with Gasteiger partial charge in [-0.1, -0.05) is 29.8 Å². The van der Waals surface area contributed by atoms with Crippen molar-refractivity contribution < 1.29 is 9.84 Å². The van der Waals surface area contributed by atoms with E-state index in [-0.39, 0.29) is 12.6 Å². The van der Waals surface area contributed by atoms with Crippen molar-refractivity contribution in [1.82, 2.24) is 9.88 Å². The van der Waals surface area contributed by atoms with E-state index >= 15 is 0 Å². The standard InChI is InChI=1S/C20H26ClN3O2/c1-2-26-19-8-4-3-6-16(19)14-23-11-12-24(15-17(23)9-13-25)20-18(21)7-5-10-22-20/h3-8,10,17,25H,2,9,11-15H2,1H3/t17-/m0/s1. The normalized spacial score (nSPS) is 18.1. The topological polar surface area (TPSA) is 48.8 Å². The maximum atomic E-state index is 9.54.